The molecular formula is C13H22N2O. The van der Waals surface area contributed by atoms with Gasteiger partial charge in [-0.2, -0.15) is 0 Å². The van der Waals surface area contributed by atoms with Crippen LogP contribution in [0.3, 0.4) is 0 Å². The van der Waals surface area contributed by atoms with Crippen molar-refractivity contribution in [3.05, 3.63) is 29.8 Å². The number of aliphatic hydroxyl groups is 1. The highest BCUT2D eigenvalue weighted by molar-refractivity contribution is 5.47. The van der Waals surface area contributed by atoms with E-state index in [0.717, 1.165) is 17.7 Å². The van der Waals surface area contributed by atoms with E-state index in [4.69, 9.17) is 5.73 Å². The maximum atomic E-state index is 9.30. The number of nitrogens with two attached hydrogens (primary N) is 1. The fraction of sp³-hybridized carbons (Fsp3) is 0.538. The van der Waals surface area contributed by atoms with E-state index in [9.17, 15) is 5.11 Å². The van der Waals surface area contributed by atoms with Crippen molar-refractivity contribution in [1.29, 1.82) is 0 Å². The second kappa shape index (κ2) is 5.87. The van der Waals surface area contributed by atoms with Gasteiger partial charge in [-0.1, -0.05) is 19.1 Å². The highest BCUT2D eigenvalue weighted by atomic mass is 16.3. The SMILES string of the molecule is CCC(N)c1ccc(N(C)CC(C)O)cc1. The Balaban J connectivity index is 2.70. The third kappa shape index (κ3) is 3.51. The molecule has 0 aliphatic carbocycles. The molecule has 0 aliphatic rings. The minimum Gasteiger partial charge on any atom is -0.392 e. The fourth-order valence-corrected chi connectivity index (χ4v) is 1.71. The minimum absolute atomic E-state index is 0.121. The Labute approximate surface area is 97.9 Å². The van der Waals surface area contributed by atoms with Crippen LogP contribution in [0.5, 0.6) is 0 Å². The van der Waals surface area contributed by atoms with Gasteiger partial charge in [0, 0.05) is 25.3 Å². The summed E-state index contributed by atoms with van der Waals surface area (Å²) in [4.78, 5) is 2.03. The Morgan fingerprint density at radius 3 is 2.31 bits per heavy atom. The summed E-state index contributed by atoms with van der Waals surface area (Å²) in [5.41, 5.74) is 8.22. The summed E-state index contributed by atoms with van der Waals surface area (Å²) in [6.07, 6.45) is 0.630. The summed E-state index contributed by atoms with van der Waals surface area (Å²) in [6.45, 7) is 4.51. The number of likely N-dealkylation sites (N-methyl/N-ethyl adjacent to an activating group) is 1. The Morgan fingerprint density at radius 1 is 1.31 bits per heavy atom. The van der Waals surface area contributed by atoms with E-state index in [1.54, 1.807) is 6.92 Å². The van der Waals surface area contributed by atoms with E-state index in [1.165, 1.54) is 0 Å². The number of aliphatic hydroxyl groups excluding tert-OH is 1. The van der Waals surface area contributed by atoms with Crippen molar-refractivity contribution in [2.45, 2.75) is 32.4 Å². The van der Waals surface area contributed by atoms with E-state index in [-0.39, 0.29) is 12.1 Å². The molecule has 0 fully saturated rings. The van der Waals surface area contributed by atoms with Gasteiger partial charge < -0.3 is 15.7 Å². The van der Waals surface area contributed by atoms with Crippen LogP contribution in [0.15, 0.2) is 24.3 Å². The van der Waals surface area contributed by atoms with Crippen molar-refractivity contribution in [1.82, 2.24) is 0 Å². The standard InChI is InChI=1S/C13H22N2O/c1-4-13(14)11-5-7-12(8-6-11)15(3)9-10(2)16/h5-8,10,13,16H,4,9,14H2,1-3H3. The average molecular weight is 222 g/mol. The number of hydrogen-bond donors (Lipinski definition) is 2. The number of anilines is 1. The Hall–Kier alpha value is -1.06. The third-order valence-corrected chi connectivity index (χ3v) is 2.74. The molecule has 0 radical (unpaired) electrons. The van der Waals surface area contributed by atoms with Gasteiger partial charge in [-0.05, 0) is 31.0 Å². The molecule has 0 saturated carbocycles. The van der Waals surface area contributed by atoms with Crippen LogP contribution in [-0.4, -0.2) is 24.8 Å². The van der Waals surface area contributed by atoms with Crippen molar-refractivity contribution in [3.63, 3.8) is 0 Å². The summed E-state index contributed by atoms with van der Waals surface area (Å²) in [7, 11) is 1.97. The molecule has 0 aliphatic heterocycles. The predicted octanol–water partition coefficient (Wildman–Crippen LogP) is 1.91. The van der Waals surface area contributed by atoms with E-state index >= 15 is 0 Å². The first-order valence-corrected chi connectivity index (χ1v) is 5.79. The first-order valence-electron chi connectivity index (χ1n) is 5.79. The molecule has 3 heteroatoms. The zero-order valence-corrected chi connectivity index (χ0v) is 10.4. The lowest BCUT2D eigenvalue weighted by Gasteiger charge is -2.21. The quantitative estimate of drug-likeness (QED) is 0.800. The molecule has 0 aromatic heterocycles. The Kier molecular flexibility index (Phi) is 4.77. The highest BCUT2D eigenvalue weighted by Gasteiger charge is 2.06. The molecule has 1 aromatic rings. The van der Waals surface area contributed by atoms with Gasteiger partial charge in [0.25, 0.3) is 0 Å². The molecule has 3 N–H and O–H groups in total. The maximum absolute atomic E-state index is 9.30. The van der Waals surface area contributed by atoms with Gasteiger partial charge in [-0.15, -0.1) is 0 Å². The molecule has 0 heterocycles. The van der Waals surface area contributed by atoms with Crippen LogP contribution < -0.4 is 10.6 Å². The number of nitrogens with zero attached hydrogens (tertiary/aromatic N) is 1. The first-order chi connectivity index (χ1) is 7.54. The second-order valence-corrected chi connectivity index (χ2v) is 4.34. The normalized spacial score (nSPS) is 14.6. The maximum Gasteiger partial charge on any atom is 0.0686 e. The molecule has 0 bridgehead atoms. The summed E-state index contributed by atoms with van der Waals surface area (Å²) in [6, 6.07) is 8.33. The molecule has 90 valence electrons. The third-order valence-electron chi connectivity index (χ3n) is 2.74. The van der Waals surface area contributed by atoms with E-state index in [0.29, 0.717) is 6.54 Å². The van der Waals surface area contributed by atoms with Crippen LogP contribution in [0.2, 0.25) is 0 Å². The highest BCUT2D eigenvalue weighted by Crippen LogP contribution is 2.19. The first kappa shape index (κ1) is 13.0. The zero-order chi connectivity index (χ0) is 12.1. The van der Waals surface area contributed by atoms with Gasteiger partial charge in [0.05, 0.1) is 6.10 Å². The summed E-state index contributed by atoms with van der Waals surface area (Å²) in [5.74, 6) is 0. The summed E-state index contributed by atoms with van der Waals surface area (Å²) < 4.78 is 0. The summed E-state index contributed by atoms with van der Waals surface area (Å²) >= 11 is 0. The van der Waals surface area contributed by atoms with Crippen LogP contribution in [0.4, 0.5) is 5.69 Å². The molecule has 3 nitrogen and oxygen atoms in total. The van der Waals surface area contributed by atoms with Crippen LogP contribution in [0, 0.1) is 0 Å². The van der Waals surface area contributed by atoms with Crippen molar-refractivity contribution >= 4 is 5.69 Å². The molecule has 1 rings (SSSR count). The minimum atomic E-state index is -0.317. The molecule has 16 heavy (non-hydrogen) atoms. The molecule has 0 spiro atoms. The molecule has 0 saturated heterocycles. The smallest absolute Gasteiger partial charge is 0.0686 e. The molecule has 0 amide bonds. The van der Waals surface area contributed by atoms with E-state index < -0.39 is 0 Å². The topological polar surface area (TPSA) is 49.5 Å². The van der Waals surface area contributed by atoms with Gasteiger partial charge in [-0.3, -0.25) is 0 Å². The van der Waals surface area contributed by atoms with Crippen molar-refractivity contribution < 1.29 is 5.11 Å². The lowest BCUT2D eigenvalue weighted by Crippen LogP contribution is -2.26. The van der Waals surface area contributed by atoms with Gasteiger partial charge in [-0.25, -0.2) is 0 Å². The van der Waals surface area contributed by atoms with Crippen LogP contribution in [0.1, 0.15) is 31.9 Å². The number of hydrogen-bond acceptors (Lipinski definition) is 3. The van der Waals surface area contributed by atoms with E-state index in [2.05, 4.69) is 19.1 Å². The Morgan fingerprint density at radius 2 is 1.88 bits per heavy atom. The van der Waals surface area contributed by atoms with Gasteiger partial charge in [0.2, 0.25) is 0 Å². The Bertz CT molecular complexity index is 308. The lowest BCUT2D eigenvalue weighted by atomic mass is 10.1. The largest absolute Gasteiger partial charge is 0.392 e. The number of rotatable bonds is 5. The predicted molar refractivity (Wildman–Crippen MR) is 68.6 cm³/mol. The fourth-order valence-electron chi connectivity index (χ4n) is 1.71. The van der Waals surface area contributed by atoms with Crippen molar-refractivity contribution in [2.24, 2.45) is 5.73 Å². The molecule has 1 aromatic carbocycles. The van der Waals surface area contributed by atoms with Crippen LogP contribution in [-0.2, 0) is 0 Å². The second-order valence-electron chi connectivity index (χ2n) is 4.34. The lowest BCUT2D eigenvalue weighted by molar-refractivity contribution is 0.201. The molecule has 2 unspecified atom stereocenters. The van der Waals surface area contributed by atoms with Gasteiger partial charge in [0.15, 0.2) is 0 Å². The zero-order valence-electron chi connectivity index (χ0n) is 10.4. The van der Waals surface area contributed by atoms with Crippen molar-refractivity contribution in [3.8, 4) is 0 Å². The van der Waals surface area contributed by atoms with Crippen LogP contribution in [0.25, 0.3) is 0 Å². The monoisotopic (exact) mass is 222 g/mol. The van der Waals surface area contributed by atoms with E-state index in [1.807, 2.05) is 24.1 Å². The summed E-state index contributed by atoms with van der Waals surface area (Å²) in [5, 5.41) is 9.30. The van der Waals surface area contributed by atoms with Crippen LogP contribution >= 0.6 is 0 Å². The average Bonchev–Trinajstić information content (AvgIpc) is 2.27. The van der Waals surface area contributed by atoms with Crippen molar-refractivity contribution in [2.75, 3.05) is 18.5 Å². The van der Waals surface area contributed by atoms with Gasteiger partial charge >= 0.3 is 0 Å². The molecule has 2 atom stereocenters. The number of benzene rings is 1. The molecular weight excluding hydrogens is 200 g/mol. The van der Waals surface area contributed by atoms with Gasteiger partial charge in [0.1, 0.15) is 0 Å².